The van der Waals surface area contributed by atoms with Gasteiger partial charge in [-0.25, -0.2) is 9.78 Å². The lowest BCUT2D eigenvalue weighted by atomic mass is 10.2. The van der Waals surface area contributed by atoms with Crippen LogP contribution in [0.3, 0.4) is 0 Å². The smallest absolute Gasteiger partial charge is 0.339 e. The summed E-state index contributed by atoms with van der Waals surface area (Å²) < 4.78 is 10.2. The highest BCUT2D eigenvalue weighted by Gasteiger charge is 2.10. The van der Waals surface area contributed by atoms with E-state index in [1.807, 2.05) is 19.1 Å². The van der Waals surface area contributed by atoms with Crippen LogP contribution in [0.15, 0.2) is 41.1 Å². The Morgan fingerprint density at radius 3 is 2.89 bits per heavy atom. The van der Waals surface area contributed by atoms with Crippen molar-refractivity contribution in [1.82, 2.24) is 4.98 Å². The molecule has 0 saturated carbocycles. The van der Waals surface area contributed by atoms with Crippen LogP contribution in [0, 0.1) is 0 Å². The Bertz CT molecular complexity index is 520. The molecule has 1 atom stereocenters. The average Bonchev–Trinajstić information content (AvgIpc) is 2.94. The Labute approximate surface area is 111 Å². The molecule has 5 heteroatoms. The maximum Gasteiger partial charge on any atom is 0.339 e. The van der Waals surface area contributed by atoms with Crippen LogP contribution in [-0.4, -0.2) is 17.6 Å². The van der Waals surface area contributed by atoms with Crippen molar-refractivity contribution in [2.75, 3.05) is 11.9 Å². The van der Waals surface area contributed by atoms with Gasteiger partial charge in [0, 0.05) is 6.20 Å². The van der Waals surface area contributed by atoms with Gasteiger partial charge >= 0.3 is 5.97 Å². The van der Waals surface area contributed by atoms with E-state index in [0.29, 0.717) is 18.0 Å². The third-order valence-corrected chi connectivity index (χ3v) is 2.61. The number of anilines is 1. The molecule has 0 saturated heterocycles. The van der Waals surface area contributed by atoms with Crippen molar-refractivity contribution in [3.8, 4) is 0 Å². The molecule has 0 amide bonds. The van der Waals surface area contributed by atoms with Gasteiger partial charge in [0.25, 0.3) is 0 Å². The van der Waals surface area contributed by atoms with E-state index < -0.39 is 0 Å². The van der Waals surface area contributed by atoms with Gasteiger partial charge in [0.15, 0.2) is 0 Å². The molecule has 1 unspecified atom stereocenters. The van der Waals surface area contributed by atoms with E-state index in [1.54, 1.807) is 25.3 Å². The summed E-state index contributed by atoms with van der Waals surface area (Å²) in [7, 11) is 0. The maximum absolute atomic E-state index is 11.5. The molecule has 2 aromatic rings. The minimum Gasteiger partial charge on any atom is -0.467 e. The maximum atomic E-state index is 11.5. The Hall–Kier alpha value is -2.30. The van der Waals surface area contributed by atoms with E-state index in [4.69, 9.17) is 9.15 Å². The van der Waals surface area contributed by atoms with E-state index in [-0.39, 0.29) is 12.0 Å². The van der Waals surface area contributed by atoms with E-state index in [9.17, 15) is 4.79 Å². The Kier molecular flexibility index (Phi) is 4.18. The minimum absolute atomic E-state index is 0.0101. The molecule has 0 spiro atoms. The fourth-order valence-corrected chi connectivity index (χ4v) is 1.65. The standard InChI is InChI=1S/C14H16N2O3/c1-3-18-14(17)11-6-7-13(15-9-11)16-10(2)12-5-4-8-19-12/h4-10H,3H2,1-2H3,(H,15,16). The zero-order valence-electron chi connectivity index (χ0n) is 10.9. The molecule has 0 aliphatic rings. The molecule has 0 aliphatic heterocycles. The predicted molar refractivity (Wildman–Crippen MR) is 70.9 cm³/mol. The second-order valence-corrected chi connectivity index (χ2v) is 4.03. The first-order valence-electron chi connectivity index (χ1n) is 6.14. The zero-order chi connectivity index (χ0) is 13.7. The van der Waals surface area contributed by atoms with Crippen molar-refractivity contribution in [1.29, 1.82) is 0 Å². The second-order valence-electron chi connectivity index (χ2n) is 4.03. The van der Waals surface area contributed by atoms with E-state index in [1.165, 1.54) is 6.20 Å². The second kappa shape index (κ2) is 6.04. The number of pyridine rings is 1. The number of nitrogens with one attached hydrogen (secondary N) is 1. The fraction of sp³-hybridized carbons (Fsp3) is 0.286. The van der Waals surface area contributed by atoms with Crippen molar-refractivity contribution in [3.05, 3.63) is 48.0 Å². The molecular weight excluding hydrogens is 244 g/mol. The monoisotopic (exact) mass is 260 g/mol. The highest BCUT2D eigenvalue weighted by atomic mass is 16.5. The van der Waals surface area contributed by atoms with Gasteiger partial charge in [-0.1, -0.05) is 0 Å². The summed E-state index contributed by atoms with van der Waals surface area (Å²) in [6.07, 6.45) is 3.12. The Morgan fingerprint density at radius 2 is 2.32 bits per heavy atom. The quantitative estimate of drug-likeness (QED) is 0.837. The van der Waals surface area contributed by atoms with Crippen LogP contribution in [0.4, 0.5) is 5.82 Å². The van der Waals surface area contributed by atoms with Gasteiger partial charge in [0.05, 0.1) is 24.5 Å². The lowest BCUT2D eigenvalue weighted by molar-refractivity contribution is 0.0526. The van der Waals surface area contributed by atoms with Gasteiger partial charge in [0.1, 0.15) is 11.6 Å². The van der Waals surface area contributed by atoms with Crippen LogP contribution in [0.25, 0.3) is 0 Å². The molecule has 0 bridgehead atoms. The fourth-order valence-electron chi connectivity index (χ4n) is 1.65. The number of carbonyl (C=O) groups excluding carboxylic acids is 1. The SMILES string of the molecule is CCOC(=O)c1ccc(NC(C)c2ccco2)nc1. The molecule has 2 aromatic heterocycles. The zero-order valence-corrected chi connectivity index (χ0v) is 10.9. The topological polar surface area (TPSA) is 64.4 Å². The number of hydrogen-bond acceptors (Lipinski definition) is 5. The number of carbonyl (C=O) groups is 1. The van der Waals surface area contributed by atoms with Crippen molar-refractivity contribution in [2.24, 2.45) is 0 Å². The normalized spacial score (nSPS) is 11.9. The van der Waals surface area contributed by atoms with Gasteiger partial charge in [-0.3, -0.25) is 0 Å². The van der Waals surface area contributed by atoms with Gasteiger partial charge in [0.2, 0.25) is 0 Å². The summed E-state index contributed by atoms with van der Waals surface area (Å²) in [5.41, 5.74) is 0.443. The third kappa shape index (κ3) is 3.34. The first kappa shape index (κ1) is 13.1. The van der Waals surface area contributed by atoms with Crippen LogP contribution in [-0.2, 0) is 4.74 Å². The molecule has 0 aromatic carbocycles. The van der Waals surface area contributed by atoms with Crippen molar-refractivity contribution >= 4 is 11.8 Å². The van der Waals surface area contributed by atoms with Crippen molar-refractivity contribution in [2.45, 2.75) is 19.9 Å². The Morgan fingerprint density at radius 1 is 1.47 bits per heavy atom. The van der Waals surface area contributed by atoms with Crippen molar-refractivity contribution < 1.29 is 13.9 Å². The van der Waals surface area contributed by atoms with Crippen molar-refractivity contribution in [3.63, 3.8) is 0 Å². The van der Waals surface area contributed by atoms with Crippen LogP contribution in [0.2, 0.25) is 0 Å². The van der Waals surface area contributed by atoms with E-state index in [2.05, 4.69) is 10.3 Å². The van der Waals surface area contributed by atoms with Gasteiger partial charge < -0.3 is 14.5 Å². The number of ether oxygens (including phenoxy) is 1. The molecule has 1 N–H and O–H groups in total. The summed E-state index contributed by atoms with van der Waals surface area (Å²) >= 11 is 0. The number of aromatic nitrogens is 1. The molecule has 0 radical (unpaired) electrons. The van der Waals surface area contributed by atoms with Gasteiger partial charge in [-0.15, -0.1) is 0 Å². The summed E-state index contributed by atoms with van der Waals surface area (Å²) in [6, 6.07) is 7.17. The largest absolute Gasteiger partial charge is 0.467 e. The molecule has 0 aliphatic carbocycles. The molecule has 2 rings (SSSR count). The third-order valence-electron chi connectivity index (χ3n) is 2.61. The predicted octanol–water partition coefficient (Wildman–Crippen LogP) is 3.02. The van der Waals surface area contributed by atoms with E-state index >= 15 is 0 Å². The number of esters is 1. The summed E-state index contributed by atoms with van der Waals surface area (Å²) in [4.78, 5) is 15.6. The highest BCUT2D eigenvalue weighted by Crippen LogP contribution is 2.18. The molecule has 5 nitrogen and oxygen atoms in total. The minimum atomic E-state index is -0.361. The van der Waals surface area contributed by atoms with Crippen LogP contribution in [0.5, 0.6) is 0 Å². The first-order valence-corrected chi connectivity index (χ1v) is 6.14. The van der Waals surface area contributed by atoms with E-state index in [0.717, 1.165) is 5.76 Å². The van der Waals surface area contributed by atoms with Crippen LogP contribution in [0.1, 0.15) is 36.0 Å². The van der Waals surface area contributed by atoms with Crippen LogP contribution < -0.4 is 5.32 Å². The molecular formula is C14H16N2O3. The van der Waals surface area contributed by atoms with Gasteiger partial charge in [-0.05, 0) is 38.1 Å². The molecule has 2 heterocycles. The average molecular weight is 260 g/mol. The lowest BCUT2D eigenvalue weighted by Gasteiger charge is -2.12. The molecule has 19 heavy (non-hydrogen) atoms. The molecule has 100 valence electrons. The number of hydrogen-bond donors (Lipinski definition) is 1. The summed E-state index contributed by atoms with van der Waals surface area (Å²) in [5.74, 6) is 1.15. The summed E-state index contributed by atoms with van der Waals surface area (Å²) in [6.45, 7) is 4.10. The molecule has 0 fully saturated rings. The highest BCUT2D eigenvalue weighted by molar-refractivity contribution is 5.89. The number of nitrogens with zero attached hydrogens (tertiary/aromatic N) is 1. The van der Waals surface area contributed by atoms with Gasteiger partial charge in [-0.2, -0.15) is 0 Å². The number of rotatable bonds is 5. The lowest BCUT2D eigenvalue weighted by Crippen LogP contribution is -2.09. The Balaban J connectivity index is 2.01. The first-order chi connectivity index (χ1) is 9.20. The summed E-state index contributed by atoms with van der Waals surface area (Å²) in [5, 5.41) is 3.19. The number of furan rings is 1. The van der Waals surface area contributed by atoms with Crippen LogP contribution >= 0.6 is 0 Å².